The summed E-state index contributed by atoms with van der Waals surface area (Å²) in [4.78, 5) is 25.5. The van der Waals surface area contributed by atoms with Crippen molar-refractivity contribution in [3.05, 3.63) is 0 Å². The Bertz CT molecular complexity index is 338. The molecule has 1 aliphatic heterocycles. The molecule has 2 aliphatic rings. The number of hydrogen-bond acceptors (Lipinski definition) is 4. The molecular formula is C14H26N4O2. The minimum absolute atomic E-state index is 0.213. The summed E-state index contributed by atoms with van der Waals surface area (Å²) in [5, 5.41) is 8.62. The Labute approximate surface area is 120 Å². The first-order valence-corrected chi connectivity index (χ1v) is 7.73. The zero-order valence-corrected chi connectivity index (χ0v) is 12.3. The number of amides is 3. The van der Waals surface area contributed by atoms with E-state index in [1.807, 2.05) is 0 Å². The minimum atomic E-state index is -0.354. The fourth-order valence-electron chi connectivity index (χ4n) is 2.59. The standard InChI is InChI=1S/C14H26N4O2/c1-2-8-18(9-12-4-3-7-15-12)10-13(19)17-14(20)16-11-5-6-11/h11-12,15H,2-10H2,1H3,(H2,16,17,19,20). The van der Waals surface area contributed by atoms with Gasteiger partial charge in [-0.25, -0.2) is 4.79 Å². The van der Waals surface area contributed by atoms with Crippen LogP contribution in [0.3, 0.4) is 0 Å². The van der Waals surface area contributed by atoms with Gasteiger partial charge in [-0.15, -0.1) is 0 Å². The number of nitrogens with zero attached hydrogens (tertiary/aromatic N) is 1. The van der Waals surface area contributed by atoms with Crippen LogP contribution in [0.4, 0.5) is 4.79 Å². The lowest BCUT2D eigenvalue weighted by Gasteiger charge is -2.24. The summed E-state index contributed by atoms with van der Waals surface area (Å²) < 4.78 is 0. The van der Waals surface area contributed by atoms with Crippen molar-refractivity contribution in [3.8, 4) is 0 Å². The number of hydrogen-bond donors (Lipinski definition) is 3. The van der Waals surface area contributed by atoms with E-state index >= 15 is 0 Å². The van der Waals surface area contributed by atoms with E-state index < -0.39 is 0 Å². The van der Waals surface area contributed by atoms with Crippen molar-refractivity contribution in [1.82, 2.24) is 20.9 Å². The van der Waals surface area contributed by atoms with E-state index in [9.17, 15) is 9.59 Å². The molecular weight excluding hydrogens is 256 g/mol. The number of carbonyl (C=O) groups excluding carboxylic acids is 2. The zero-order chi connectivity index (χ0) is 14.4. The topological polar surface area (TPSA) is 73.5 Å². The minimum Gasteiger partial charge on any atom is -0.335 e. The molecule has 1 saturated heterocycles. The van der Waals surface area contributed by atoms with E-state index in [1.165, 1.54) is 12.8 Å². The molecule has 1 saturated carbocycles. The quantitative estimate of drug-likeness (QED) is 0.633. The molecule has 114 valence electrons. The molecule has 1 aliphatic carbocycles. The summed E-state index contributed by atoms with van der Waals surface area (Å²) in [5.74, 6) is -0.213. The van der Waals surface area contributed by atoms with E-state index in [2.05, 4.69) is 27.8 Å². The maximum Gasteiger partial charge on any atom is 0.321 e. The molecule has 0 aromatic rings. The molecule has 6 heteroatoms. The van der Waals surface area contributed by atoms with Crippen LogP contribution in [-0.2, 0) is 4.79 Å². The third kappa shape index (κ3) is 5.46. The average molecular weight is 282 g/mol. The van der Waals surface area contributed by atoms with Gasteiger partial charge in [0.05, 0.1) is 6.54 Å². The van der Waals surface area contributed by atoms with Gasteiger partial charge in [-0.1, -0.05) is 6.92 Å². The van der Waals surface area contributed by atoms with E-state index in [4.69, 9.17) is 0 Å². The zero-order valence-electron chi connectivity index (χ0n) is 12.3. The predicted octanol–water partition coefficient (Wildman–Crippen LogP) is 0.439. The number of urea groups is 1. The molecule has 1 unspecified atom stereocenters. The summed E-state index contributed by atoms with van der Waals surface area (Å²) in [7, 11) is 0. The highest BCUT2D eigenvalue weighted by Gasteiger charge is 2.24. The Morgan fingerprint density at radius 3 is 2.70 bits per heavy atom. The van der Waals surface area contributed by atoms with Gasteiger partial charge in [0.15, 0.2) is 0 Å². The lowest BCUT2D eigenvalue weighted by atomic mass is 10.2. The molecule has 0 aromatic carbocycles. The Balaban J connectivity index is 1.70. The maximum absolute atomic E-state index is 11.9. The van der Waals surface area contributed by atoms with Crippen LogP contribution in [0.15, 0.2) is 0 Å². The fourth-order valence-corrected chi connectivity index (χ4v) is 2.59. The van der Waals surface area contributed by atoms with Gasteiger partial charge in [-0.05, 0) is 45.2 Å². The number of rotatable bonds is 7. The van der Waals surface area contributed by atoms with Gasteiger partial charge in [0, 0.05) is 18.6 Å². The molecule has 0 bridgehead atoms. The monoisotopic (exact) mass is 282 g/mol. The Kier molecular flexibility index (Phi) is 5.79. The van der Waals surface area contributed by atoms with Gasteiger partial charge in [-0.3, -0.25) is 15.0 Å². The molecule has 6 nitrogen and oxygen atoms in total. The largest absolute Gasteiger partial charge is 0.335 e. The first kappa shape index (κ1) is 15.3. The second-order valence-electron chi connectivity index (χ2n) is 5.82. The summed E-state index contributed by atoms with van der Waals surface area (Å²) in [6.07, 6.45) is 5.44. The van der Waals surface area contributed by atoms with E-state index in [0.29, 0.717) is 12.6 Å². The van der Waals surface area contributed by atoms with Gasteiger partial charge in [0.1, 0.15) is 0 Å². The van der Waals surface area contributed by atoms with E-state index in [-0.39, 0.29) is 18.0 Å². The van der Waals surface area contributed by atoms with Gasteiger partial charge in [-0.2, -0.15) is 0 Å². The SMILES string of the molecule is CCCN(CC(=O)NC(=O)NC1CC1)CC1CCCN1. The maximum atomic E-state index is 11.9. The lowest BCUT2D eigenvalue weighted by Crippen LogP contribution is -2.47. The number of imide groups is 1. The summed E-state index contributed by atoms with van der Waals surface area (Å²) in [5.41, 5.74) is 0. The van der Waals surface area contributed by atoms with Crippen molar-refractivity contribution in [2.45, 2.75) is 51.1 Å². The van der Waals surface area contributed by atoms with Crippen molar-refractivity contribution >= 4 is 11.9 Å². The van der Waals surface area contributed by atoms with Crippen LogP contribution >= 0.6 is 0 Å². The third-order valence-corrected chi connectivity index (χ3v) is 3.71. The Morgan fingerprint density at radius 2 is 2.10 bits per heavy atom. The van der Waals surface area contributed by atoms with Crippen molar-refractivity contribution in [3.63, 3.8) is 0 Å². The van der Waals surface area contributed by atoms with Crippen molar-refractivity contribution in [1.29, 1.82) is 0 Å². The van der Waals surface area contributed by atoms with E-state index in [0.717, 1.165) is 38.9 Å². The molecule has 1 heterocycles. The van der Waals surface area contributed by atoms with Crippen LogP contribution in [-0.4, -0.2) is 55.1 Å². The van der Waals surface area contributed by atoms with Gasteiger partial charge in [0.2, 0.25) is 5.91 Å². The van der Waals surface area contributed by atoms with Crippen LogP contribution < -0.4 is 16.0 Å². The molecule has 20 heavy (non-hydrogen) atoms. The highest BCUT2D eigenvalue weighted by Crippen LogP contribution is 2.18. The molecule has 0 aromatic heterocycles. The van der Waals surface area contributed by atoms with Gasteiger partial charge < -0.3 is 10.6 Å². The smallest absolute Gasteiger partial charge is 0.321 e. The van der Waals surface area contributed by atoms with Gasteiger partial charge >= 0.3 is 6.03 Å². The molecule has 3 N–H and O–H groups in total. The molecule has 3 amide bonds. The summed E-state index contributed by atoms with van der Waals surface area (Å²) in [6, 6.07) is 0.403. The van der Waals surface area contributed by atoms with Crippen molar-refractivity contribution in [2.75, 3.05) is 26.2 Å². The van der Waals surface area contributed by atoms with Crippen LogP contribution in [0.1, 0.15) is 39.0 Å². The van der Waals surface area contributed by atoms with Crippen LogP contribution in [0.5, 0.6) is 0 Å². The molecule has 0 spiro atoms. The molecule has 2 fully saturated rings. The van der Waals surface area contributed by atoms with Crippen LogP contribution in [0.2, 0.25) is 0 Å². The van der Waals surface area contributed by atoms with Crippen LogP contribution in [0, 0.1) is 0 Å². The average Bonchev–Trinajstić information content (AvgIpc) is 3.03. The predicted molar refractivity (Wildman–Crippen MR) is 77.5 cm³/mol. The lowest BCUT2D eigenvalue weighted by molar-refractivity contribution is -0.121. The number of nitrogens with one attached hydrogen (secondary N) is 3. The second-order valence-corrected chi connectivity index (χ2v) is 5.82. The van der Waals surface area contributed by atoms with E-state index in [1.54, 1.807) is 0 Å². The number of carbonyl (C=O) groups is 2. The fraction of sp³-hybridized carbons (Fsp3) is 0.857. The highest BCUT2D eigenvalue weighted by molar-refractivity contribution is 5.95. The molecule has 1 atom stereocenters. The molecule has 0 radical (unpaired) electrons. The van der Waals surface area contributed by atoms with Crippen molar-refractivity contribution < 1.29 is 9.59 Å². The Hall–Kier alpha value is -1.14. The third-order valence-electron chi connectivity index (χ3n) is 3.71. The summed E-state index contributed by atoms with van der Waals surface area (Å²) >= 11 is 0. The highest BCUT2D eigenvalue weighted by atomic mass is 16.2. The first-order valence-electron chi connectivity index (χ1n) is 7.73. The normalized spacial score (nSPS) is 22.0. The molecule has 2 rings (SSSR count). The van der Waals surface area contributed by atoms with Crippen LogP contribution in [0.25, 0.3) is 0 Å². The van der Waals surface area contributed by atoms with Crippen molar-refractivity contribution in [2.24, 2.45) is 0 Å². The van der Waals surface area contributed by atoms with Gasteiger partial charge in [0.25, 0.3) is 0 Å². The first-order chi connectivity index (χ1) is 9.67. The summed E-state index contributed by atoms with van der Waals surface area (Å²) in [6.45, 7) is 5.23. The Morgan fingerprint density at radius 1 is 1.30 bits per heavy atom. The second kappa shape index (κ2) is 7.59.